The van der Waals surface area contributed by atoms with Crippen LogP contribution in [0.25, 0.3) is 0 Å². The molecule has 7 nitrogen and oxygen atoms in total. The smallest absolute Gasteiger partial charge is 0.325 e. The number of aromatic nitrogens is 1. The quantitative estimate of drug-likeness (QED) is 0.331. The first kappa shape index (κ1) is 24.7. The summed E-state index contributed by atoms with van der Waals surface area (Å²) in [6.07, 6.45) is 0.798. The highest BCUT2D eigenvalue weighted by molar-refractivity contribution is 9.10. The number of nitrogens with zero attached hydrogens (tertiary/aromatic N) is 2. The second kappa shape index (κ2) is 9.70. The van der Waals surface area contributed by atoms with Crippen LogP contribution in [0.3, 0.4) is 0 Å². The lowest BCUT2D eigenvalue weighted by atomic mass is 9.92. The van der Waals surface area contributed by atoms with Gasteiger partial charge in [-0.05, 0) is 68.7 Å². The van der Waals surface area contributed by atoms with E-state index in [-0.39, 0.29) is 12.3 Å². The van der Waals surface area contributed by atoms with E-state index in [0.29, 0.717) is 17.7 Å². The van der Waals surface area contributed by atoms with Crippen LogP contribution in [0.4, 0.5) is 4.79 Å². The molecule has 3 aromatic rings. The van der Waals surface area contributed by atoms with Crippen molar-refractivity contribution in [2.75, 3.05) is 13.7 Å². The average Bonchev–Trinajstić information content (AvgIpc) is 3.25. The lowest BCUT2D eigenvalue weighted by molar-refractivity contribution is -0.130. The molecule has 4 rings (SSSR count). The summed E-state index contributed by atoms with van der Waals surface area (Å²) in [6.45, 7) is 5.91. The topological polar surface area (TPSA) is 80.6 Å². The Morgan fingerprint density at radius 1 is 1.09 bits per heavy atom. The summed E-state index contributed by atoms with van der Waals surface area (Å²) in [4.78, 5) is 40.2. The molecule has 1 aliphatic rings. The zero-order valence-electron chi connectivity index (χ0n) is 20.2. The molecule has 1 atom stereocenters. The Kier molecular flexibility index (Phi) is 6.85. The van der Waals surface area contributed by atoms with E-state index in [1.807, 2.05) is 50.2 Å². The highest BCUT2D eigenvalue weighted by Gasteiger charge is 2.49. The van der Waals surface area contributed by atoms with E-state index < -0.39 is 17.5 Å². The van der Waals surface area contributed by atoms with E-state index in [1.54, 1.807) is 32.2 Å². The summed E-state index contributed by atoms with van der Waals surface area (Å²) >= 11 is 3.41. The van der Waals surface area contributed by atoms with Gasteiger partial charge in [0.1, 0.15) is 11.3 Å². The fourth-order valence-electron chi connectivity index (χ4n) is 4.53. The fraction of sp³-hybridized carbons (Fsp3) is 0.296. The van der Waals surface area contributed by atoms with Crippen LogP contribution in [-0.2, 0) is 23.3 Å². The number of ether oxygens (including phenoxy) is 1. The Hall–Kier alpha value is -3.39. The first-order valence-electron chi connectivity index (χ1n) is 11.4. The molecule has 0 aliphatic carbocycles. The molecule has 0 saturated carbocycles. The van der Waals surface area contributed by atoms with Crippen LogP contribution in [0.5, 0.6) is 5.75 Å². The Morgan fingerprint density at radius 3 is 2.46 bits per heavy atom. The third-order valence-electron chi connectivity index (χ3n) is 6.64. The highest BCUT2D eigenvalue weighted by atomic mass is 79.9. The maximum atomic E-state index is 13.2. The molecule has 182 valence electrons. The van der Waals surface area contributed by atoms with Crippen LogP contribution in [-0.4, -0.2) is 40.8 Å². The number of amides is 3. The van der Waals surface area contributed by atoms with Gasteiger partial charge in [0, 0.05) is 28.0 Å². The molecule has 1 unspecified atom stereocenters. The van der Waals surface area contributed by atoms with Gasteiger partial charge < -0.3 is 14.6 Å². The number of rotatable bonds is 8. The third kappa shape index (κ3) is 4.75. The minimum absolute atomic E-state index is 0.268. The molecule has 3 amide bonds. The van der Waals surface area contributed by atoms with Crippen molar-refractivity contribution in [3.8, 4) is 5.75 Å². The number of aryl methyl sites for hydroxylation is 2. The summed E-state index contributed by atoms with van der Waals surface area (Å²) in [6, 6.07) is 16.4. The van der Waals surface area contributed by atoms with Gasteiger partial charge in [-0.1, -0.05) is 40.2 Å². The van der Waals surface area contributed by atoms with E-state index in [1.165, 1.54) is 0 Å². The van der Waals surface area contributed by atoms with E-state index in [4.69, 9.17) is 4.74 Å². The zero-order chi connectivity index (χ0) is 25.3. The maximum Gasteiger partial charge on any atom is 0.325 e. The van der Waals surface area contributed by atoms with Gasteiger partial charge in [-0.2, -0.15) is 0 Å². The fourth-order valence-corrected chi connectivity index (χ4v) is 4.92. The number of Topliss-reactive ketones (excluding diaryl/α,β-unsaturated/α-hetero) is 1. The van der Waals surface area contributed by atoms with Gasteiger partial charge in [0.15, 0.2) is 5.78 Å². The number of urea groups is 1. The lowest BCUT2D eigenvalue weighted by Gasteiger charge is -2.22. The number of hydrogen-bond acceptors (Lipinski definition) is 4. The summed E-state index contributed by atoms with van der Waals surface area (Å²) < 4.78 is 8.10. The maximum absolute atomic E-state index is 13.2. The van der Waals surface area contributed by atoms with E-state index in [2.05, 4.69) is 25.8 Å². The first-order chi connectivity index (χ1) is 16.6. The van der Waals surface area contributed by atoms with Crippen LogP contribution in [0.15, 0.2) is 59.1 Å². The van der Waals surface area contributed by atoms with Gasteiger partial charge >= 0.3 is 6.03 Å². The SMILES string of the molecule is COc1ccc(CCn2c(C)cc(C(=O)CN3C(=O)NC(C)(c4cccc(Br)c4)C3=O)c2C)cc1. The first-order valence-corrected chi connectivity index (χ1v) is 12.2. The summed E-state index contributed by atoms with van der Waals surface area (Å²) in [7, 11) is 1.64. The lowest BCUT2D eigenvalue weighted by Crippen LogP contribution is -2.41. The predicted molar refractivity (Wildman–Crippen MR) is 137 cm³/mol. The number of methoxy groups -OCH3 is 1. The molecule has 0 spiro atoms. The van der Waals surface area contributed by atoms with Crippen molar-refractivity contribution in [2.24, 2.45) is 0 Å². The summed E-state index contributed by atoms with van der Waals surface area (Å²) in [5.41, 5.74) is 2.89. The second-order valence-corrected chi connectivity index (χ2v) is 9.83. The van der Waals surface area contributed by atoms with Gasteiger partial charge in [-0.25, -0.2) is 4.79 Å². The molecule has 2 aromatic carbocycles. The molecule has 1 aliphatic heterocycles. The molecule has 1 N–H and O–H groups in total. The number of imide groups is 1. The molecule has 1 aromatic heterocycles. The molecule has 1 saturated heterocycles. The molecular formula is C27H28BrN3O4. The standard InChI is InChI=1S/C27H28BrN3O4/c1-17-14-23(18(2)30(17)13-12-19-8-10-22(35-4)11-9-19)24(32)16-31-25(33)27(3,29-26(31)34)20-6-5-7-21(28)15-20/h5-11,14-15H,12-13,16H2,1-4H3,(H,29,34). The number of hydrogen-bond donors (Lipinski definition) is 1. The third-order valence-corrected chi connectivity index (χ3v) is 7.13. The molecule has 1 fully saturated rings. The zero-order valence-corrected chi connectivity index (χ0v) is 21.8. The van der Waals surface area contributed by atoms with Gasteiger partial charge in [0.2, 0.25) is 0 Å². The van der Waals surface area contributed by atoms with E-state index in [0.717, 1.165) is 38.5 Å². The van der Waals surface area contributed by atoms with Crippen LogP contribution in [0, 0.1) is 13.8 Å². The monoisotopic (exact) mass is 537 g/mol. The van der Waals surface area contributed by atoms with Crippen LogP contribution < -0.4 is 10.1 Å². The number of carbonyl (C=O) groups excluding carboxylic acids is 3. The molecule has 8 heteroatoms. The Bertz CT molecular complexity index is 1300. The number of carbonyl (C=O) groups is 3. The van der Waals surface area contributed by atoms with Crippen molar-refractivity contribution in [3.05, 3.63) is 87.1 Å². The van der Waals surface area contributed by atoms with Crippen LogP contribution in [0.1, 0.15) is 39.8 Å². The normalized spacial score (nSPS) is 17.6. The minimum Gasteiger partial charge on any atom is -0.497 e. The van der Waals surface area contributed by atoms with Crippen molar-refractivity contribution in [2.45, 2.75) is 39.3 Å². The van der Waals surface area contributed by atoms with Crippen molar-refractivity contribution >= 4 is 33.7 Å². The summed E-state index contributed by atoms with van der Waals surface area (Å²) in [5, 5.41) is 2.76. The van der Waals surface area contributed by atoms with Crippen molar-refractivity contribution in [3.63, 3.8) is 0 Å². The van der Waals surface area contributed by atoms with Gasteiger partial charge in [-0.15, -0.1) is 0 Å². The summed E-state index contributed by atoms with van der Waals surface area (Å²) in [5.74, 6) is 0.101. The minimum atomic E-state index is -1.23. The van der Waals surface area contributed by atoms with Gasteiger partial charge in [0.05, 0.1) is 13.7 Å². The van der Waals surface area contributed by atoms with E-state index >= 15 is 0 Å². The largest absolute Gasteiger partial charge is 0.497 e. The Morgan fingerprint density at radius 2 is 1.80 bits per heavy atom. The molecule has 0 bridgehead atoms. The van der Waals surface area contributed by atoms with Crippen LogP contribution >= 0.6 is 15.9 Å². The predicted octanol–water partition coefficient (Wildman–Crippen LogP) is 4.77. The number of ketones is 1. The van der Waals surface area contributed by atoms with Crippen molar-refractivity contribution in [1.82, 2.24) is 14.8 Å². The number of nitrogens with one attached hydrogen (secondary N) is 1. The number of benzene rings is 2. The molecule has 0 radical (unpaired) electrons. The van der Waals surface area contributed by atoms with Gasteiger partial charge in [-0.3, -0.25) is 14.5 Å². The Labute approximate surface area is 213 Å². The van der Waals surface area contributed by atoms with E-state index in [9.17, 15) is 14.4 Å². The molecule has 2 heterocycles. The number of halogens is 1. The van der Waals surface area contributed by atoms with Crippen molar-refractivity contribution in [1.29, 1.82) is 0 Å². The second-order valence-electron chi connectivity index (χ2n) is 8.91. The van der Waals surface area contributed by atoms with Crippen molar-refractivity contribution < 1.29 is 19.1 Å². The average molecular weight is 538 g/mol. The Balaban J connectivity index is 1.49. The highest BCUT2D eigenvalue weighted by Crippen LogP contribution is 2.31. The molecular weight excluding hydrogens is 510 g/mol. The molecule has 35 heavy (non-hydrogen) atoms. The van der Waals surface area contributed by atoms with Gasteiger partial charge in [0.25, 0.3) is 5.91 Å². The van der Waals surface area contributed by atoms with Crippen LogP contribution in [0.2, 0.25) is 0 Å².